The minimum Gasteiger partial charge on any atom is -0.282 e. The maximum atomic E-state index is 10.6. The fraction of sp³-hybridized carbons (Fsp3) is 0. The number of hydrogen-bond donors (Lipinski definition) is 1. The first kappa shape index (κ1) is 9.62. The van der Waals surface area contributed by atoms with E-state index in [2.05, 4.69) is 0 Å². The molecular formula is C6H5NO5S. The highest BCUT2D eigenvalue weighted by Gasteiger charge is 2.22. The van der Waals surface area contributed by atoms with Gasteiger partial charge in [0.1, 0.15) is 0 Å². The van der Waals surface area contributed by atoms with Gasteiger partial charge in [0.2, 0.25) is 0 Å². The van der Waals surface area contributed by atoms with Gasteiger partial charge in [-0.3, -0.25) is 14.7 Å². The van der Waals surface area contributed by atoms with Crippen molar-refractivity contribution in [1.82, 2.24) is 0 Å². The third-order valence-corrected chi connectivity index (χ3v) is 2.24. The van der Waals surface area contributed by atoms with Gasteiger partial charge in [-0.25, -0.2) is 0 Å². The molecule has 0 atom stereocenters. The number of nitro benzene ring substituents is 1. The molecule has 0 heterocycles. The van der Waals surface area contributed by atoms with Crippen molar-refractivity contribution >= 4 is 15.8 Å². The van der Waals surface area contributed by atoms with Gasteiger partial charge < -0.3 is 0 Å². The van der Waals surface area contributed by atoms with Crippen molar-refractivity contribution in [1.29, 1.82) is 0 Å². The Morgan fingerprint density at radius 2 is 1.85 bits per heavy atom. The van der Waals surface area contributed by atoms with Gasteiger partial charge in [0.25, 0.3) is 5.69 Å². The highest BCUT2D eigenvalue weighted by Crippen LogP contribution is 2.21. The van der Waals surface area contributed by atoms with Crippen LogP contribution in [0.4, 0.5) is 5.69 Å². The van der Waals surface area contributed by atoms with Crippen LogP contribution >= 0.6 is 0 Å². The van der Waals surface area contributed by atoms with Crippen molar-refractivity contribution in [2.75, 3.05) is 0 Å². The SMILES string of the molecule is O=[N+]([O-])c1ccccc1S(=O)(=O)O. The molecule has 1 aromatic carbocycles. The molecule has 13 heavy (non-hydrogen) atoms. The number of nitro groups is 1. The molecule has 70 valence electrons. The van der Waals surface area contributed by atoms with E-state index in [4.69, 9.17) is 4.55 Å². The molecule has 0 amide bonds. The summed E-state index contributed by atoms with van der Waals surface area (Å²) >= 11 is 0. The van der Waals surface area contributed by atoms with Crippen molar-refractivity contribution in [2.24, 2.45) is 0 Å². The molecule has 7 heteroatoms. The summed E-state index contributed by atoms with van der Waals surface area (Å²) < 4.78 is 29.8. The first-order valence-corrected chi connectivity index (χ1v) is 4.58. The number of hydrogen-bond acceptors (Lipinski definition) is 4. The molecule has 0 unspecified atom stereocenters. The van der Waals surface area contributed by atoms with Crippen LogP contribution in [0.3, 0.4) is 0 Å². The molecule has 0 spiro atoms. The first-order valence-electron chi connectivity index (χ1n) is 3.14. The number of rotatable bonds is 2. The maximum absolute atomic E-state index is 10.6. The van der Waals surface area contributed by atoms with Gasteiger partial charge in [-0.05, 0) is 6.07 Å². The van der Waals surface area contributed by atoms with Gasteiger partial charge in [-0.1, -0.05) is 12.1 Å². The molecule has 0 aliphatic heterocycles. The second-order valence-corrected chi connectivity index (χ2v) is 3.59. The molecule has 0 bridgehead atoms. The second kappa shape index (κ2) is 3.11. The number of nitrogens with zero attached hydrogens (tertiary/aromatic N) is 1. The van der Waals surface area contributed by atoms with E-state index in [1.165, 1.54) is 12.1 Å². The Bertz CT molecular complexity index is 438. The molecule has 0 fully saturated rings. The van der Waals surface area contributed by atoms with Crippen LogP contribution in [0, 0.1) is 10.1 Å². The summed E-state index contributed by atoms with van der Waals surface area (Å²) in [6.07, 6.45) is 0. The largest absolute Gasteiger partial charge is 0.301 e. The van der Waals surface area contributed by atoms with E-state index in [1.54, 1.807) is 0 Å². The average molecular weight is 203 g/mol. The molecule has 0 radical (unpaired) electrons. The molecule has 0 aliphatic carbocycles. The zero-order valence-electron chi connectivity index (χ0n) is 6.25. The summed E-state index contributed by atoms with van der Waals surface area (Å²) in [5, 5.41) is 10.3. The van der Waals surface area contributed by atoms with Crippen molar-refractivity contribution in [3.05, 3.63) is 34.4 Å². The van der Waals surface area contributed by atoms with Gasteiger partial charge in [0.15, 0.2) is 4.90 Å². The van der Waals surface area contributed by atoms with Crippen LogP contribution in [-0.4, -0.2) is 17.9 Å². The lowest BCUT2D eigenvalue weighted by Crippen LogP contribution is -2.02. The fourth-order valence-electron chi connectivity index (χ4n) is 0.826. The van der Waals surface area contributed by atoms with Crippen molar-refractivity contribution in [3.8, 4) is 0 Å². The topological polar surface area (TPSA) is 97.5 Å². The predicted molar refractivity (Wildman–Crippen MR) is 42.9 cm³/mol. The Morgan fingerprint density at radius 1 is 1.31 bits per heavy atom. The van der Waals surface area contributed by atoms with Crippen LogP contribution in [0.25, 0.3) is 0 Å². The van der Waals surface area contributed by atoms with E-state index in [9.17, 15) is 18.5 Å². The fourth-order valence-corrected chi connectivity index (χ4v) is 1.48. The smallest absolute Gasteiger partial charge is 0.282 e. The summed E-state index contributed by atoms with van der Waals surface area (Å²) in [5.74, 6) is 0. The maximum Gasteiger partial charge on any atom is 0.301 e. The van der Waals surface area contributed by atoms with Crippen LogP contribution in [0.15, 0.2) is 29.2 Å². The molecule has 1 N–H and O–H groups in total. The molecule has 6 nitrogen and oxygen atoms in total. The van der Waals surface area contributed by atoms with Crippen LogP contribution in [0.2, 0.25) is 0 Å². The Labute approximate surface area is 73.7 Å². The van der Waals surface area contributed by atoms with Gasteiger partial charge in [0.05, 0.1) is 4.92 Å². The minimum atomic E-state index is -4.52. The van der Waals surface area contributed by atoms with Crippen molar-refractivity contribution in [3.63, 3.8) is 0 Å². The van der Waals surface area contributed by atoms with Crippen molar-refractivity contribution in [2.45, 2.75) is 4.90 Å². The van der Waals surface area contributed by atoms with E-state index in [0.29, 0.717) is 0 Å². The van der Waals surface area contributed by atoms with Crippen LogP contribution in [-0.2, 0) is 10.1 Å². The van der Waals surface area contributed by atoms with Crippen LogP contribution in [0.5, 0.6) is 0 Å². The number of para-hydroxylation sites is 1. The van der Waals surface area contributed by atoms with Crippen LogP contribution < -0.4 is 0 Å². The van der Waals surface area contributed by atoms with E-state index < -0.39 is 25.6 Å². The lowest BCUT2D eigenvalue weighted by Gasteiger charge is -1.97. The molecule has 0 aromatic heterocycles. The Kier molecular flexibility index (Phi) is 2.30. The summed E-state index contributed by atoms with van der Waals surface area (Å²) in [7, 11) is -4.52. The first-order chi connectivity index (χ1) is 5.93. The Hall–Kier alpha value is -1.47. The normalized spacial score (nSPS) is 11.2. The molecule has 1 aromatic rings. The zero-order valence-corrected chi connectivity index (χ0v) is 7.06. The van der Waals surface area contributed by atoms with Crippen molar-refractivity contribution < 1.29 is 17.9 Å². The van der Waals surface area contributed by atoms with Crippen LogP contribution in [0.1, 0.15) is 0 Å². The van der Waals surface area contributed by atoms with Gasteiger partial charge in [-0.15, -0.1) is 0 Å². The highest BCUT2D eigenvalue weighted by atomic mass is 32.2. The summed E-state index contributed by atoms with van der Waals surface area (Å²) in [4.78, 5) is 8.73. The summed E-state index contributed by atoms with van der Waals surface area (Å²) in [6.45, 7) is 0. The summed E-state index contributed by atoms with van der Waals surface area (Å²) in [5.41, 5.74) is -0.634. The Balaban J connectivity index is 3.46. The standard InChI is InChI=1S/C6H5NO5S/c8-7(9)5-3-1-2-4-6(5)13(10,11)12/h1-4H,(H,10,11,12). The highest BCUT2D eigenvalue weighted by molar-refractivity contribution is 7.86. The average Bonchev–Trinajstić information content (AvgIpc) is 2.03. The lowest BCUT2D eigenvalue weighted by molar-refractivity contribution is -0.387. The van der Waals surface area contributed by atoms with Gasteiger partial charge >= 0.3 is 10.1 Å². The Morgan fingerprint density at radius 3 is 2.23 bits per heavy atom. The van der Waals surface area contributed by atoms with Gasteiger partial charge in [0, 0.05) is 6.07 Å². The quantitative estimate of drug-likeness (QED) is 0.436. The molecule has 0 aliphatic rings. The van der Waals surface area contributed by atoms with E-state index in [1.807, 2.05) is 0 Å². The molecular weight excluding hydrogens is 198 g/mol. The third kappa shape index (κ3) is 2.01. The van der Waals surface area contributed by atoms with E-state index in [-0.39, 0.29) is 0 Å². The second-order valence-electron chi connectivity index (χ2n) is 2.20. The number of benzene rings is 1. The van der Waals surface area contributed by atoms with Gasteiger partial charge in [-0.2, -0.15) is 8.42 Å². The molecule has 1 rings (SSSR count). The van der Waals surface area contributed by atoms with E-state index >= 15 is 0 Å². The lowest BCUT2D eigenvalue weighted by atomic mass is 10.3. The molecule has 0 saturated carbocycles. The summed E-state index contributed by atoms with van der Waals surface area (Å²) in [6, 6.07) is 4.57. The monoisotopic (exact) mass is 203 g/mol. The predicted octanol–water partition coefficient (Wildman–Crippen LogP) is 0.841. The minimum absolute atomic E-state index is 0.634. The molecule has 0 saturated heterocycles. The van der Waals surface area contributed by atoms with E-state index in [0.717, 1.165) is 12.1 Å². The third-order valence-electron chi connectivity index (χ3n) is 1.34. The zero-order chi connectivity index (χ0) is 10.1.